The van der Waals surface area contributed by atoms with Crippen LogP contribution in [0.5, 0.6) is 0 Å². The lowest BCUT2D eigenvalue weighted by Gasteiger charge is -1.97. The van der Waals surface area contributed by atoms with E-state index in [-0.39, 0.29) is 11.4 Å². The van der Waals surface area contributed by atoms with Crippen molar-refractivity contribution >= 4 is 22.5 Å². The van der Waals surface area contributed by atoms with Gasteiger partial charge in [-0.1, -0.05) is 30.3 Å². The Labute approximate surface area is 108 Å². The number of benzene rings is 2. The fraction of sp³-hybridized carbons (Fsp3) is 0. The fourth-order valence-electron chi connectivity index (χ4n) is 1.69. The molecule has 5 heteroatoms. The highest BCUT2D eigenvalue weighted by atomic mass is 16.1. The van der Waals surface area contributed by atoms with Crippen LogP contribution in [0.15, 0.2) is 69.6 Å². The summed E-state index contributed by atoms with van der Waals surface area (Å²) in [5, 5.41) is 7.88. The van der Waals surface area contributed by atoms with Gasteiger partial charge in [-0.2, -0.15) is 0 Å². The summed E-state index contributed by atoms with van der Waals surface area (Å²) < 4.78 is 0. The summed E-state index contributed by atoms with van der Waals surface area (Å²) in [6.45, 7) is 0. The van der Waals surface area contributed by atoms with E-state index in [9.17, 15) is 4.79 Å². The molecule has 19 heavy (non-hydrogen) atoms. The minimum atomic E-state index is -0.349. The van der Waals surface area contributed by atoms with Gasteiger partial charge in [0.1, 0.15) is 0 Å². The number of para-hydroxylation sites is 2. The molecule has 3 rings (SSSR count). The predicted molar refractivity (Wildman–Crippen MR) is 73.0 cm³/mol. The first kappa shape index (κ1) is 11.3. The van der Waals surface area contributed by atoms with Crippen molar-refractivity contribution in [2.24, 2.45) is 10.2 Å². The zero-order valence-corrected chi connectivity index (χ0v) is 9.95. The monoisotopic (exact) mass is 250 g/mol. The predicted octanol–water partition coefficient (Wildman–Crippen LogP) is 3.34. The number of hydrogen-bond donors (Lipinski definition) is 1. The Morgan fingerprint density at radius 1 is 0.895 bits per heavy atom. The number of hydrogen-bond acceptors (Lipinski definition) is 4. The number of nitrogens with zero attached hydrogens (tertiary/aromatic N) is 3. The van der Waals surface area contributed by atoms with E-state index in [1.54, 1.807) is 18.2 Å². The molecular formula is C14H10N4O. The molecule has 92 valence electrons. The van der Waals surface area contributed by atoms with Crippen LogP contribution in [-0.4, -0.2) is 9.97 Å². The van der Waals surface area contributed by atoms with Gasteiger partial charge in [-0.3, -0.25) is 4.79 Å². The van der Waals surface area contributed by atoms with Crippen molar-refractivity contribution in [1.29, 1.82) is 0 Å². The molecule has 0 saturated heterocycles. The largest absolute Gasteiger partial charge is 0.317 e. The summed E-state index contributed by atoms with van der Waals surface area (Å²) in [5.41, 5.74) is 1.70. The molecule has 0 unspecified atom stereocenters. The van der Waals surface area contributed by atoms with Crippen LogP contribution in [0.4, 0.5) is 11.5 Å². The minimum absolute atomic E-state index is 0.0579. The average Bonchev–Trinajstić information content (AvgIpc) is 2.46. The number of aromatic amines is 1. The Morgan fingerprint density at radius 3 is 2.47 bits per heavy atom. The van der Waals surface area contributed by atoms with Gasteiger partial charge in [0.15, 0.2) is 0 Å². The highest BCUT2D eigenvalue weighted by Gasteiger charge is 2.02. The molecule has 0 aliphatic rings. The first-order chi connectivity index (χ1) is 9.33. The Morgan fingerprint density at radius 2 is 1.63 bits per heavy atom. The van der Waals surface area contributed by atoms with Gasteiger partial charge >= 0.3 is 0 Å². The van der Waals surface area contributed by atoms with E-state index in [0.717, 1.165) is 0 Å². The van der Waals surface area contributed by atoms with Crippen molar-refractivity contribution < 1.29 is 0 Å². The number of fused-ring (bicyclic) bond motifs is 1. The van der Waals surface area contributed by atoms with E-state index in [1.165, 1.54) is 0 Å². The van der Waals surface area contributed by atoms with Gasteiger partial charge in [0.25, 0.3) is 5.56 Å². The maximum absolute atomic E-state index is 11.8. The lowest BCUT2D eigenvalue weighted by molar-refractivity contribution is 1.11. The molecule has 0 spiro atoms. The second-order valence-electron chi connectivity index (χ2n) is 3.94. The van der Waals surface area contributed by atoms with E-state index in [4.69, 9.17) is 0 Å². The maximum atomic E-state index is 11.8. The molecule has 0 aliphatic heterocycles. The molecule has 0 aliphatic carbocycles. The van der Waals surface area contributed by atoms with E-state index in [1.807, 2.05) is 36.4 Å². The lowest BCUT2D eigenvalue weighted by atomic mass is 10.3. The summed E-state index contributed by atoms with van der Waals surface area (Å²) in [7, 11) is 0. The molecule has 0 bridgehead atoms. The highest BCUT2D eigenvalue weighted by Crippen LogP contribution is 2.15. The van der Waals surface area contributed by atoms with Gasteiger partial charge < -0.3 is 4.98 Å². The van der Waals surface area contributed by atoms with Gasteiger partial charge in [-0.25, -0.2) is 4.98 Å². The summed E-state index contributed by atoms with van der Waals surface area (Å²) in [6, 6.07) is 16.5. The second-order valence-corrected chi connectivity index (χ2v) is 3.94. The second kappa shape index (κ2) is 4.81. The molecule has 3 aromatic rings. The number of nitrogens with one attached hydrogen (secondary N) is 1. The zero-order chi connectivity index (χ0) is 13.1. The van der Waals surface area contributed by atoms with Crippen LogP contribution < -0.4 is 5.56 Å². The molecular weight excluding hydrogens is 240 g/mol. The number of aromatic nitrogens is 2. The smallest absolute Gasteiger partial charge is 0.295 e. The normalized spacial score (nSPS) is 11.2. The van der Waals surface area contributed by atoms with Gasteiger partial charge in [-0.15, -0.1) is 10.2 Å². The van der Waals surface area contributed by atoms with Crippen LogP contribution in [0.2, 0.25) is 0 Å². The Balaban J connectivity index is 2.04. The third-order valence-electron chi connectivity index (χ3n) is 2.60. The molecule has 0 fully saturated rings. The van der Waals surface area contributed by atoms with Crippen molar-refractivity contribution in [2.75, 3.05) is 0 Å². The van der Waals surface area contributed by atoms with E-state index in [0.29, 0.717) is 16.7 Å². The van der Waals surface area contributed by atoms with Crippen molar-refractivity contribution in [3.63, 3.8) is 0 Å². The van der Waals surface area contributed by atoms with Gasteiger partial charge in [-0.05, 0) is 24.3 Å². The van der Waals surface area contributed by atoms with Gasteiger partial charge in [0, 0.05) is 0 Å². The molecule has 2 aromatic carbocycles. The minimum Gasteiger partial charge on any atom is -0.317 e. The van der Waals surface area contributed by atoms with Crippen molar-refractivity contribution in [3.8, 4) is 0 Å². The number of rotatable bonds is 2. The Hall–Kier alpha value is -2.82. The highest BCUT2D eigenvalue weighted by molar-refractivity contribution is 5.74. The molecule has 0 atom stereocenters. The van der Waals surface area contributed by atoms with Crippen LogP contribution in [0.1, 0.15) is 0 Å². The first-order valence-corrected chi connectivity index (χ1v) is 5.79. The molecule has 1 heterocycles. The molecule has 0 saturated carbocycles. The quantitative estimate of drug-likeness (QED) is 0.708. The molecule has 0 radical (unpaired) electrons. The van der Waals surface area contributed by atoms with E-state index >= 15 is 0 Å². The summed E-state index contributed by atoms with van der Waals surface area (Å²) in [6.07, 6.45) is 0. The van der Waals surface area contributed by atoms with Gasteiger partial charge in [0.05, 0.1) is 16.7 Å². The molecule has 5 nitrogen and oxygen atoms in total. The number of azo groups is 1. The lowest BCUT2D eigenvalue weighted by Crippen LogP contribution is -2.06. The van der Waals surface area contributed by atoms with Crippen molar-refractivity contribution in [3.05, 3.63) is 65.0 Å². The maximum Gasteiger partial charge on any atom is 0.295 e. The zero-order valence-electron chi connectivity index (χ0n) is 9.95. The van der Waals surface area contributed by atoms with Crippen LogP contribution in [0.25, 0.3) is 11.0 Å². The van der Waals surface area contributed by atoms with Crippen molar-refractivity contribution in [1.82, 2.24) is 9.97 Å². The van der Waals surface area contributed by atoms with Crippen molar-refractivity contribution in [2.45, 2.75) is 0 Å². The Bertz CT molecular complexity index is 793. The van der Waals surface area contributed by atoms with E-state index < -0.39 is 0 Å². The van der Waals surface area contributed by atoms with Crippen LogP contribution >= 0.6 is 0 Å². The summed E-state index contributed by atoms with van der Waals surface area (Å²) in [4.78, 5) is 18.7. The third kappa shape index (κ3) is 2.40. The average molecular weight is 250 g/mol. The van der Waals surface area contributed by atoms with Gasteiger partial charge in [0.2, 0.25) is 5.82 Å². The van der Waals surface area contributed by atoms with Crippen LogP contribution in [-0.2, 0) is 0 Å². The topological polar surface area (TPSA) is 70.5 Å². The standard InChI is InChI=1S/C14H10N4O/c19-14-13(18-17-10-6-2-1-3-7-10)15-11-8-4-5-9-12(11)16-14/h1-9H,(H,16,19). The van der Waals surface area contributed by atoms with Crippen LogP contribution in [0.3, 0.4) is 0 Å². The number of H-pyrrole nitrogens is 1. The first-order valence-electron chi connectivity index (χ1n) is 5.79. The summed E-state index contributed by atoms with van der Waals surface area (Å²) in [5.74, 6) is 0.0579. The van der Waals surface area contributed by atoms with E-state index in [2.05, 4.69) is 20.2 Å². The SMILES string of the molecule is O=c1[nH]c2ccccc2nc1N=Nc1ccccc1. The molecule has 1 aromatic heterocycles. The fourth-order valence-corrected chi connectivity index (χ4v) is 1.69. The third-order valence-corrected chi connectivity index (χ3v) is 2.60. The molecule has 1 N–H and O–H groups in total. The Kier molecular flexibility index (Phi) is 2.86. The summed E-state index contributed by atoms with van der Waals surface area (Å²) >= 11 is 0. The molecule has 0 amide bonds. The van der Waals surface area contributed by atoms with Crippen LogP contribution in [0, 0.1) is 0 Å².